The Morgan fingerprint density at radius 2 is 2.12 bits per heavy atom. The summed E-state index contributed by atoms with van der Waals surface area (Å²) >= 11 is 2.04. The summed E-state index contributed by atoms with van der Waals surface area (Å²) in [6, 6.07) is 11.4. The Morgan fingerprint density at radius 1 is 1.40 bits per heavy atom. The molecular weight excluding hydrogens is 438 g/mol. The molecule has 0 aromatic heterocycles. The van der Waals surface area contributed by atoms with Crippen LogP contribution in [0.3, 0.4) is 0 Å². The van der Waals surface area contributed by atoms with Crippen LogP contribution in [-0.2, 0) is 11.4 Å². The molecular formula is C18H14FIN2O3. The van der Waals surface area contributed by atoms with E-state index in [1.165, 1.54) is 19.3 Å². The number of rotatable bonds is 6. The molecule has 5 nitrogen and oxygen atoms in total. The molecule has 0 bridgehead atoms. The van der Waals surface area contributed by atoms with Gasteiger partial charge in [0.2, 0.25) is 0 Å². The minimum Gasteiger partial charge on any atom is -0.493 e. The van der Waals surface area contributed by atoms with Crippen molar-refractivity contribution in [2.45, 2.75) is 6.61 Å². The Labute approximate surface area is 158 Å². The third-order valence-corrected chi connectivity index (χ3v) is 4.08. The maximum absolute atomic E-state index is 13.7. The molecule has 0 atom stereocenters. The number of nitrogens with zero attached hydrogens (tertiary/aromatic N) is 1. The van der Waals surface area contributed by atoms with Crippen LogP contribution in [0.25, 0.3) is 6.08 Å². The fourth-order valence-electron chi connectivity index (χ4n) is 2.05. The van der Waals surface area contributed by atoms with Crippen molar-refractivity contribution >= 4 is 34.6 Å². The van der Waals surface area contributed by atoms with Gasteiger partial charge >= 0.3 is 0 Å². The number of hydrogen-bond acceptors (Lipinski definition) is 4. The number of primary amides is 1. The smallest absolute Gasteiger partial charge is 0.259 e. The highest BCUT2D eigenvalue weighted by atomic mass is 127. The van der Waals surface area contributed by atoms with Crippen LogP contribution in [0.15, 0.2) is 42.0 Å². The van der Waals surface area contributed by atoms with Crippen molar-refractivity contribution in [3.05, 3.63) is 62.5 Å². The van der Waals surface area contributed by atoms with Crippen molar-refractivity contribution in [1.82, 2.24) is 0 Å². The number of benzene rings is 2. The molecule has 25 heavy (non-hydrogen) atoms. The van der Waals surface area contributed by atoms with Gasteiger partial charge in [0.1, 0.15) is 24.1 Å². The number of nitrogens with two attached hydrogens (primary N) is 1. The molecule has 0 fully saturated rings. The third-order valence-electron chi connectivity index (χ3n) is 3.28. The van der Waals surface area contributed by atoms with E-state index < -0.39 is 5.91 Å². The van der Waals surface area contributed by atoms with Crippen molar-refractivity contribution < 1.29 is 18.7 Å². The Bertz CT molecular complexity index is 875. The minimum absolute atomic E-state index is 0.0406. The number of halogens is 2. The maximum atomic E-state index is 13.7. The van der Waals surface area contributed by atoms with Crippen LogP contribution in [0.2, 0.25) is 0 Å². The predicted octanol–water partition coefficient (Wildman–Crippen LogP) is 3.41. The van der Waals surface area contributed by atoms with Crippen molar-refractivity contribution in [2.75, 3.05) is 7.11 Å². The van der Waals surface area contributed by atoms with Gasteiger partial charge in [-0.25, -0.2) is 4.39 Å². The summed E-state index contributed by atoms with van der Waals surface area (Å²) in [5.41, 5.74) is 5.95. The largest absolute Gasteiger partial charge is 0.493 e. The summed E-state index contributed by atoms with van der Waals surface area (Å²) in [6.07, 6.45) is 1.37. The Morgan fingerprint density at radius 3 is 2.72 bits per heavy atom. The molecule has 0 saturated heterocycles. The molecule has 128 valence electrons. The zero-order chi connectivity index (χ0) is 18.4. The molecule has 1 amide bonds. The van der Waals surface area contributed by atoms with Gasteiger partial charge in [0, 0.05) is 5.56 Å². The number of hydrogen-bond donors (Lipinski definition) is 1. The van der Waals surface area contributed by atoms with E-state index in [2.05, 4.69) is 0 Å². The van der Waals surface area contributed by atoms with Gasteiger partial charge in [0.15, 0.2) is 11.5 Å². The average molecular weight is 452 g/mol. The number of nitriles is 1. The Hall–Kier alpha value is -2.60. The molecule has 0 unspecified atom stereocenters. The molecule has 0 radical (unpaired) electrons. The summed E-state index contributed by atoms with van der Waals surface area (Å²) in [5, 5.41) is 8.93. The number of carbonyl (C=O) groups is 1. The quantitative estimate of drug-likeness (QED) is 0.414. The summed E-state index contributed by atoms with van der Waals surface area (Å²) in [6.45, 7) is 0.0406. The number of carbonyl (C=O) groups excluding carboxylic acids is 1. The second kappa shape index (κ2) is 8.48. The van der Waals surface area contributed by atoms with Crippen LogP contribution in [-0.4, -0.2) is 13.0 Å². The molecule has 2 N–H and O–H groups in total. The molecule has 2 aromatic carbocycles. The first-order valence-electron chi connectivity index (χ1n) is 7.11. The predicted molar refractivity (Wildman–Crippen MR) is 99.2 cm³/mol. The fraction of sp³-hybridized carbons (Fsp3) is 0.111. The lowest BCUT2D eigenvalue weighted by atomic mass is 10.1. The van der Waals surface area contributed by atoms with E-state index in [4.69, 9.17) is 20.5 Å². The number of amides is 1. The van der Waals surface area contributed by atoms with Crippen molar-refractivity contribution in [2.24, 2.45) is 5.73 Å². The highest BCUT2D eigenvalue weighted by Crippen LogP contribution is 2.35. The maximum Gasteiger partial charge on any atom is 0.259 e. The van der Waals surface area contributed by atoms with Crippen molar-refractivity contribution in [3.8, 4) is 17.6 Å². The fourth-order valence-corrected chi connectivity index (χ4v) is 2.83. The van der Waals surface area contributed by atoms with Crippen molar-refractivity contribution in [3.63, 3.8) is 0 Å². The third kappa shape index (κ3) is 4.70. The van der Waals surface area contributed by atoms with Crippen LogP contribution >= 0.6 is 22.6 Å². The molecule has 0 aliphatic heterocycles. The van der Waals surface area contributed by atoms with Gasteiger partial charge in [-0.2, -0.15) is 5.26 Å². The summed E-state index contributed by atoms with van der Waals surface area (Å²) in [5.74, 6) is -0.315. The zero-order valence-electron chi connectivity index (χ0n) is 13.3. The van der Waals surface area contributed by atoms with E-state index in [-0.39, 0.29) is 18.0 Å². The lowest BCUT2D eigenvalue weighted by Crippen LogP contribution is -2.12. The standard InChI is InChI=1S/C18H14FIN2O3/c1-24-16-8-11(6-13(9-21)18(22)23)7-15(20)17(16)25-10-12-4-2-3-5-14(12)19/h2-8H,10H2,1H3,(H2,22,23)/b13-6+. The minimum atomic E-state index is -0.809. The number of ether oxygens (including phenoxy) is 2. The van der Waals surface area contributed by atoms with Crippen molar-refractivity contribution in [1.29, 1.82) is 5.26 Å². The first-order valence-corrected chi connectivity index (χ1v) is 8.19. The molecule has 2 aromatic rings. The SMILES string of the molecule is COc1cc(/C=C(\C#N)C(N)=O)cc(I)c1OCc1ccccc1F. The van der Waals surface area contributed by atoms with Gasteiger partial charge in [0.05, 0.1) is 10.7 Å². The van der Waals surface area contributed by atoms with E-state index in [9.17, 15) is 9.18 Å². The molecule has 0 aliphatic rings. The van der Waals surface area contributed by atoms with E-state index >= 15 is 0 Å². The first kappa shape index (κ1) is 18.7. The van der Waals surface area contributed by atoms with Gasteiger partial charge in [-0.3, -0.25) is 4.79 Å². The second-order valence-corrected chi connectivity index (χ2v) is 6.11. The molecule has 0 heterocycles. The van der Waals surface area contributed by atoms with Crippen LogP contribution in [0.1, 0.15) is 11.1 Å². The summed E-state index contributed by atoms with van der Waals surface area (Å²) < 4.78 is 25.4. The molecule has 2 rings (SSSR count). The highest BCUT2D eigenvalue weighted by molar-refractivity contribution is 14.1. The van der Waals surface area contributed by atoms with Gasteiger partial charge in [0.25, 0.3) is 5.91 Å². The molecule has 0 aliphatic carbocycles. The monoisotopic (exact) mass is 452 g/mol. The normalized spacial score (nSPS) is 10.9. The van der Waals surface area contributed by atoms with Gasteiger partial charge in [-0.15, -0.1) is 0 Å². The van der Waals surface area contributed by atoms with E-state index in [1.54, 1.807) is 36.4 Å². The average Bonchev–Trinajstić information content (AvgIpc) is 2.59. The summed E-state index contributed by atoms with van der Waals surface area (Å²) in [7, 11) is 1.47. The molecule has 0 saturated carbocycles. The van der Waals surface area contributed by atoms with Crippen LogP contribution in [0.4, 0.5) is 4.39 Å². The Balaban J connectivity index is 2.33. The second-order valence-electron chi connectivity index (χ2n) is 4.95. The Kier molecular flexibility index (Phi) is 6.36. The molecule has 0 spiro atoms. The highest BCUT2D eigenvalue weighted by Gasteiger charge is 2.13. The van der Waals surface area contributed by atoms with Crippen LogP contribution < -0.4 is 15.2 Å². The van der Waals surface area contributed by atoms with Crippen LogP contribution in [0, 0.1) is 20.7 Å². The van der Waals surface area contributed by atoms with Gasteiger partial charge < -0.3 is 15.2 Å². The lowest BCUT2D eigenvalue weighted by Gasteiger charge is -2.14. The summed E-state index contributed by atoms with van der Waals surface area (Å²) in [4.78, 5) is 11.2. The van der Waals surface area contributed by atoms with Gasteiger partial charge in [-0.05, 0) is 52.4 Å². The number of methoxy groups -OCH3 is 1. The van der Waals surface area contributed by atoms with E-state index in [0.717, 1.165) is 0 Å². The van der Waals surface area contributed by atoms with E-state index in [1.807, 2.05) is 22.6 Å². The van der Waals surface area contributed by atoms with Crippen LogP contribution in [0.5, 0.6) is 11.5 Å². The van der Waals surface area contributed by atoms with Gasteiger partial charge in [-0.1, -0.05) is 18.2 Å². The molecule has 7 heteroatoms. The topological polar surface area (TPSA) is 85.3 Å². The van der Waals surface area contributed by atoms with E-state index in [0.29, 0.717) is 26.2 Å². The zero-order valence-corrected chi connectivity index (χ0v) is 15.4. The first-order chi connectivity index (χ1) is 12.0. The lowest BCUT2D eigenvalue weighted by molar-refractivity contribution is -0.114.